The maximum atomic E-state index is 13.3. The Labute approximate surface area is 194 Å². The van der Waals surface area contributed by atoms with Gasteiger partial charge in [0.15, 0.2) is 11.5 Å². The van der Waals surface area contributed by atoms with Crippen molar-refractivity contribution in [3.05, 3.63) is 59.2 Å². The molecule has 0 radical (unpaired) electrons. The predicted octanol–water partition coefficient (Wildman–Crippen LogP) is 3.98. The van der Waals surface area contributed by atoms with E-state index in [4.69, 9.17) is 9.47 Å². The molecule has 2 aliphatic rings. The fourth-order valence-electron chi connectivity index (χ4n) is 4.94. The quantitative estimate of drug-likeness (QED) is 0.645. The predicted molar refractivity (Wildman–Crippen MR) is 123 cm³/mol. The number of carbonyl (C=O) groups is 3. The van der Waals surface area contributed by atoms with Gasteiger partial charge < -0.3 is 14.8 Å². The van der Waals surface area contributed by atoms with Crippen LogP contribution in [0.4, 0.5) is 0 Å². The average molecular weight is 451 g/mol. The summed E-state index contributed by atoms with van der Waals surface area (Å²) in [5.41, 5.74) is 1.80. The fourth-order valence-corrected chi connectivity index (χ4v) is 4.94. The minimum atomic E-state index is -0.265. The first-order valence-corrected chi connectivity index (χ1v) is 11.4. The first-order valence-electron chi connectivity index (χ1n) is 11.4. The van der Waals surface area contributed by atoms with E-state index in [1.54, 1.807) is 38.5 Å². The lowest BCUT2D eigenvalue weighted by atomic mass is 9.78. The molecule has 1 saturated carbocycles. The van der Waals surface area contributed by atoms with E-state index in [-0.39, 0.29) is 42.1 Å². The van der Waals surface area contributed by atoms with E-state index in [0.717, 1.165) is 31.2 Å². The van der Waals surface area contributed by atoms with Crippen LogP contribution in [0.3, 0.4) is 0 Å². The number of amides is 3. The molecule has 0 bridgehead atoms. The Morgan fingerprint density at radius 3 is 2.27 bits per heavy atom. The van der Waals surface area contributed by atoms with Gasteiger partial charge in [0.1, 0.15) is 0 Å². The van der Waals surface area contributed by atoms with Gasteiger partial charge in [0.25, 0.3) is 11.8 Å². The standard InChI is InChI=1S/C26H30N2O5/c1-16(17-12-13-22(32-2)23(14-17)33-3)27-24(29)19-9-5-4-8-18(19)15-28-25(30)20-10-6-7-11-21(20)26(28)31/h6-7,10-14,16,18-19H,4-5,8-9,15H2,1-3H3,(H,27,29). The Hall–Kier alpha value is -3.35. The lowest BCUT2D eigenvalue weighted by Gasteiger charge is -2.33. The van der Waals surface area contributed by atoms with Crippen molar-refractivity contribution in [3.63, 3.8) is 0 Å². The molecule has 0 saturated heterocycles. The molecule has 3 atom stereocenters. The number of fused-ring (bicyclic) bond motifs is 1. The third-order valence-corrected chi connectivity index (χ3v) is 6.81. The van der Waals surface area contributed by atoms with Crippen molar-refractivity contribution >= 4 is 17.7 Å². The highest BCUT2D eigenvalue weighted by molar-refractivity contribution is 6.21. The minimum Gasteiger partial charge on any atom is -0.493 e. The number of ether oxygens (including phenoxy) is 2. The van der Waals surface area contributed by atoms with Crippen molar-refractivity contribution < 1.29 is 23.9 Å². The van der Waals surface area contributed by atoms with Crippen molar-refractivity contribution in [2.45, 2.75) is 38.6 Å². The molecule has 2 aromatic carbocycles. The monoisotopic (exact) mass is 450 g/mol. The van der Waals surface area contributed by atoms with Crippen LogP contribution in [0.2, 0.25) is 0 Å². The van der Waals surface area contributed by atoms with Gasteiger partial charge in [0.05, 0.1) is 31.4 Å². The molecule has 4 rings (SSSR count). The molecule has 7 nitrogen and oxygen atoms in total. The van der Waals surface area contributed by atoms with Crippen LogP contribution in [0.25, 0.3) is 0 Å². The van der Waals surface area contributed by atoms with E-state index in [1.807, 2.05) is 25.1 Å². The molecule has 1 aliphatic carbocycles. The van der Waals surface area contributed by atoms with Crippen LogP contribution in [-0.4, -0.2) is 43.4 Å². The van der Waals surface area contributed by atoms with Gasteiger partial charge in [-0.15, -0.1) is 0 Å². The van der Waals surface area contributed by atoms with Gasteiger partial charge in [-0.25, -0.2) is 0 Å². The summed E-state index contributed by atoms with van der Waals surface area (Å²) in [4.78, 5) is 40.2. The van der Waals surface area contributed by atoms with Crippen LogP contribution in [-0.2, 0) is 4.79 Å². The summed E-state index contributed by atoms with van der Waals surface area (Å²) in [6, 6.07) is 12.3. The zero-order valence-corrected chi connectivity index (χ0v) is 19.3. The summed E-state index contributed by atoms with van der Waals surface area (Å²) in [6.07, 6.45) is 3.51. The zero-order chi connectivity index (χ0) is 23.5. The van der Waals surface area contributed by atoms with Gasteiger partial charge in [-0.1, -0.05) is 31.0 Å². The van der Waals surface area contributed by atoms with Gasteiger partial charge in [-0.05, 0) is 55.5 Å². The summed E-state index contributed by atoms with van der Waals surface area (Å²) in [6.45, 7) is 2.20. The largest absolute Gasteiger partial charge is 0.493 e. The second-order valence-corrected chi connectivity index (χ2v) is 8.76. The summed E-state index contributed by atoms with van der Waals surface area (Å²) >= 11 is 0. The van der Waals surface area contributed by atoms with E-state index >= 15 is 0 Å². The highest BCUT2D eigenvalue weighted by atomic mass is 16.5. The van der Waals surface area contributed by atoms with Crippen LogP contribution in [0.5, 0.6) is 11.5 Å². The number of imide groups is 1. The first kappa shape index (κ1) is 22.8. The molecule has 2 aromatic rings. The lowest BCUT2D eigenvalue weighted by Crippen LogP contribution is -2.44. The number of benzene rings is 2. The fraction of sp³-hybridized carbons (Fsp3) is 0.423. The van der Waals surface area contributed by atoms with Crippen molar-refractivity contribution in [1.82, 2.24) is 10.2 Å². The first-order chi connectivity index (χ1) is 15.9. The molecule has 1 aliphatic heterocycles. The lowest BCUT2D eigenvalue weighted by molar-refractivity contribution is -0.128. The molecule has 7 heteroatoms. The third kappa shape index (κ3) is 4.45. The van der Waals surface area contributed by atoms with Crippen LogP contribution >= 0.6 is 0 Å². The normalized spacial score (nSPS) is 20.9. The van der Waals surface area contributed by atoms with E-state index < -0.39 is 0 Å². The van der Waals surface area contributed by atoms with Gasteiger partial charge in [0, 0.05) is 12.5 Å². The van der Waals surface area contributed by atoms with E-state index in [9.17, 15) is 14.4 Å². The van der Waals surface area contributed by atoms with Gasteiger partial charge in [-0.2, -0.15) is 0 Å². The number of carbonyl (C=O) groups excluding carboxylic acids is 3. The summed E-state index contributed by atoms with van der Waals surface area (Å²) in [5.74, 6) is 0.367. The highest BCUT2D eigenvalue weighted by Crippen LogP contribution is 2.34. The molecular formula is C26H30N2O5. The van der Waals surface area contributed by atoms with Gasteiger partial charge in [-0.3, -0.25) is 19.3 Å². The molecule has 1 heterocycles. The third-order valence-electron chi connectivity index (χ3n) is 6.81. The van der Waals surface area contributed by atoms with E-state index in [1.165, 1.54) is 4.90 Å². The number of rotatable bonds is 7. The van der Waals surface area contributed by atoms with Crippen LogP contribution < -0.4 is 14.8 Å². The topological polar surface area (TPSA) is 84.9 Å². The van der Waals surface area contributed by atoms with Crippen LogP contribution in [0, 0.1) is 11.8 Å². The molecule has 1 N–H and O–H groups in total. The molecule has 3 unspecified atom stereocenters. The maximum Gasteiger partial charge on any atom is 0.261 e. The Morgan fingerprint density at radius 2 is 1.64 bits per heavy atom. The second-order valence-electron chi connectivity index (χ2n) is 8.76. The number of hydrogen-bond donors (Lipinski definition) is 1. The highest BCUT2D eigenvalue weighted by Gasteiger charge is 2.40. The summed E-state index contributed by atoms with van der Waals surface area (Å²) in [7, 11) is 3.16. The average Bonchev–Trinajstić information content (AvgIpc) is 3.08. The Balaban J connectivity index is 1.46. The smallest absolute Gasteiger partial charge is 0.261 e. The van der Waals surface area contributed by atoms with Gasteiger partial charge >= 0.3 is 0 Å². The molecule has 1 fully saturated rings. The number of methoxy groups -OCH3 is 2. The zero-order valence-electron chi connectivity index (χ0n) is 19.3. The Kier molecular flexibility index (Phi) is 6.67. The number of nitrogens with one attached hydrogen (secondary N) is 1. The van der Waals surface area contributed by atoms with Crippen molar-refractivity contribution in [2.75, 3.05) is 20.8 Å². The van der Waals surface area contributed by atoms with Crippen LogP contribution in [0.1, 0.15) is 64.9 Å². The molecule has 3 amide bonds. The SMILES string of the molecule is COc1ccc(C(C)NC(=O)C2CCCCC2CN2C(=O)c3ccccc3C2=O)cc1OC. The molecule has 33 heavy (non-hydrogen) atoms. The number of hydrogen-bond acceptors (Lipinski definition) is 5. The van der Waals surface area contributed by atoms with E-state index in [2.05, 4.69) is 5.32 Å². The second kappa shape index (κ2) is 9.65. The minimum absolute atomic E-state index is 0.0430. The molecule has 0 aromatic heterocycles. The molecule has 0 spiro atoms. The van der Waals surface area contributed by atoms with Crippen molar-refractivity contribution in [3.8, 4) is 11.5 Å². The summed E-state index contributed by atoms with van der Waals surface area (Å²) < 4.78 is 10.7. The van der Waals surface area contributed by atoms with Gasteiger partial charge in [0.2, 0.25) is 5.91 Å². The Morgan fingerprint density at radius 1 is 1.00 bits per heavy atom. The Bertz CT molecular complexity index is 1030. The molecule has 174 valence electrons. The molecular weight excluding hydrogens is 420 g/mol. The van der Waals surface area contributed by atoms with Crippen molar-refractivity contribution in [1.29, 1.82) is 0 Å². The number of nitrogens with zero attached hydrogens (tertiary/aromatic N) is 1. The maximum absolute atomic E-state index is 13.3. The van der Waals surface area contributed by atoms with E-state index in [0.29, 0.717) is 22.6 Å². The summed E-state index contributed by atoms with van der Waals surface area (Å²) in [5, 5.41) is 3.13. The van der Waals surface area contributed by atoms with Crippen LogP contribution in [0.15, 0.2) is 42.5 Å². The van der Waals surface area contributed by atoms with Crippen molar-refractivity contribution in [2.24, 2.45) is 11.8 Å².